The SMILES string of the molecule is CC(C)c1cccc(C(C)C)c1NC(=O)NS(=O)(=O)N1CCN2CCCCC2C1. The van der Waals surface area contributed by atoms with Crippen LogP contribution in [0.5, 0.6) is 0 Å². The number of piperazine rings is 1. The van der Waals surface area contributed by atoms with E-state index in [1.807, 2.05) is 18.2 Å². The summed E-state index contributed by atoms with van der Waals surface area (Å²) >= 11 is 0. The van der Waals surface area contributed by atoms with E-state index in [2.05, 4.69) is 42.6 Å². The van der Waals surface area contributed by atoms with Gasteiger partial charge in [0.25, 0.3) is 0 Å². The minimum absolute atomic E-state index is 0.208. The van der Waals surface area contributed by atoms with Crippen LogP contribution in [0.15, 0.2) is 18.2 Å². The molecule has 0 spiro atoms. The number of fused-ring (bicyclic) bond motifs is 1. The summed E-state index contributed by atoms with van der Waals surface area (Å²) in [6.07, 6.45) is 3.32. The Kier molecular flexibility index (Phi) is 6.86. The number of amides is 2. The van der Waals surface area contributed by atoms with E-state index in [-0.39, 0.29) is 17.9 Å². The smallest absolute Gasteiger partial charge is 0.307 e. The van der Waals surface area contributed by atoms with Crippen LogP contribution in [0.4, 0.5) is 10.5 Å². The minimum Gasteiger partial charge on any atom is -0.307 e. The number of carbonyl (C=O) groups is 1. The van der Waals surface area contributed by atoms with Crippen LogP contribution in [0.25, 0.3) is 0 Å². The maximum Gasteiger partial charge on any atom is 0.333 e. The highest BCUT2D eigenvalue weighted by Gasteiger charge is 2.35. The number of piperidine rings is 1. The van der Waals surface area contributed by atoms with Crippen molar-refractivity contribution >= 4 is 21.9 Å². The van der Waals surface area contributed by atoms with Crippen LogP contribution in [0.2, 0.25) is 0 Å². The van der Waals surface area contributed by atoms with E-state index in [1.54, 1.807) is 0 Å². The molecule has 3 rings (SSSR count). The Balaban J connectivity index is 1.72. The Morgan fingerprint density at radius 3 is 2.31 bits per heavy atom. The summed E-state index contributed by atoms with van der Waals surface area (Å²) in [5.74, 6) is 0.417. The van der Waals surface area contributed by atoms with Crippen LogP contribution in [0, 0.1) is 0 Å². The zero-order chi connectivity index (χ0) is 21.2. The van der Waals surface area contributed by atoms with Gasteiger partial charge < -0.3 is 5.32 Å². The van der Waals surface area contributed by atoms with Crippen molar-refractivity contribution in [3.63, 3.8) is 0 Å². The van der Waals surface area contributed by atoms with E-state index in [0.29, 0.717) is 18.8 Å². The molecule has 1 aromatic carbocycles. The lowest BCUT2D eigenvalue weighted by Crippen LogP contribution is -2.58. The molecule has 29 heavy (non-hydrogen) atoms. The average Bonchev–Trinajstić information content (AvgIpc) is 2.66. The first-order chi connectivity index (χ1) is 13.7. The molecule has 8 heteroatoms. The molecule has 2 fully saturated rings. The Morgan fingerprint density at radius 1 is 1.03 bits per heavy atom. The number of benzene rings is 1. The largest absolute Gasteiger partial charge is 0.333 e. The first-order valence-corrected chi connectivity index (χ1v) is 12.1. The second kappa shape index (κ2) is 9.02. The number of nitrogens with zero attached hydrogens (tertiary/aromatic N) is 2. The van der Waals surface area contributed by atoms with Crippen molar-refractivity contribution in [2.24, 2.45) is 0 Å². The van der Waals surface area contributed by atoms with Gasteiger partial charge in [-0.1, -0.05) is 52.3 Å². The van der Waals surface area contributed by atoms with Crippen molar-refractivity contribution in [3.05, 3.63) is 29.3 Å². The third kappa shape index (κ3) is 5.10. The van der Waals surface area contributed by atoms with Crippen LogP contribution in [0.1, 0.15) is 69.9 Å². The van der Waals surface area contributed by atoms with E-state index in [1.165, 1.54) is 10.7 Å². The normalized spacial score (nSPS) is 21.2. The number of hydrogen-bond acceptors (Lipinski definition) is 4. The molecule has 0 saturated carbocycles. The molecule has 2 heterocycles. The van der Waals surface area contributed by atoms with Gasteiger partial charge in [0.1, 0.15) is 0 Å². The average molecular weight is 423 g/mol. The van der Waals surface area contributed by atoms with E-state index in [0.717, 1.165) is 37.1 Å². The van der Waals surface area contributed by atoms with Gasteiger partial charge in [-0.15, -0.1) is 0 Å². The summed E-state index contributed by atoms with van der Waals surface area (Å²) in [5.41, 5.74) is 2.71. The Bertz CT molecular complexity index is 812. The number of nitrogens with one attached hydrogen (secondary N) is 2. The molecule has 1 atom stereocenters. The highest BCUT2D eigenvalue weighted by atomic mass is 32.2. The van der Waals surface area contributed by atoms with E-state index in [9.17, 15) is 13.2 Å². The fourth-order valence-corrected chi connectivity index (χ4v) is 5.47. The third-order valence-corrected chi connectivity index (χ3v) is 7.43. The number of anilines is 1. The quantitative estimate of drug-likeness (QED) is 0.761. The number of hydrogen-bond donors (Lipinski definition) is 2. The fourth-order valence-electron chi connectivity index (χ4n) is 4.36. The monoisotopic (exact) mass is 422 g/mol. The predicted molar refractivity (Wildman–Crippen MR) is 116 cm³/mol. The highest BCUT2D eigenvalue weighted by molar-refractivity contribution is 7.87. The van der Waals surface area contributed by atoms with Crippen molar-refractivity contribution < 1.29 is 13.2 Å². The molecular weight excluding hydrogens is 388 g/mol. The summed E-state index contributed by atoms with van der Waals surface area (Å²) in [6, 6.07) is 5.48. The summed E-state index contributed by atoms with van der Waals surface area (Å²) in [7, 11) is -3.87. The summed E-state index contributed by atoms with van der Waals surface area (Å²) < 4.78 is 29.3. The molecule has 162 valence electrons. The van der Waals surface area contributed by atoms with E-state index in [4.69, 9.17) is 0 Å². The summed E-state index contributed by atoms with van der Waals surface area (Å²) in [5, 5.41) is 2.83. The molecular formula is C21H34N4O3S. The molecule has 2 saturated heterocycles. The maximum atomic E-state index is 12.8. The molecule has 0 bridgehead atoms. The first kappa shape index (κ1) is 22.1. The standard InChI is InChI=1S/C21H34N4O3S/c1-15(2)18-9-7-10-19(16(3)4)20(18)22-21(26)23-29(27,28)25-13-12-24-11-6-5-8-17(24)14-25/h7,9-10,15-17H,5-6,8,11-14H2,1-4H3,(H2,22,23,26). The van der Waals surface area contributed by atoms with Gasteiger partial charge in [0.15, 0.2) is 0 Å². The lowest BCUT2D eigenvalue weighted by atomic mass is 9.93. The van der Waals surface area contributed by atoms with Gasteiger partial charge in [0, 0.05) is 31.4 Å². The Hall–Kier alpha value is -1.64. The molecule has 0 aliphatic carbocycles. The van der Waals surface area contributed by atoms with Crippen molar-refractivity contribution in [1.82, 2.24) is 13.9 Å². The third-order valence-electron chi connectivity index (χ3n) is 5.97. The molecule has 2 aliphatic rings. The van der Waals surface area contributed by atoms with Gasteiger partial charge >= 0.3 is 16.2 Å². The number of carbonyl (C=O) groups excluding carboxylic acids is 1. The lowest BCUT2D eigenvalue weighted by Gasteiger charge is -2.43. The van der Waals surface area contributed by atoms with Crippen molar-refractivity contribution in [2.45, 2.75) is 64.8 Å². The van der Waals surface area contributed by atoms with Crippen LogP contribution in [-0.4, -0.2) is 55.9 Å². The molecule has 7 nitrogen and oxygen atoms in total. The van der Waals surface area contributed by atoms with E-state index >= 15 is 0 Å². The zero-order valence-corrected chi connectivity index (χ0v) is 18.8. The number of rotatable bonds is 5. The van der Waals surface area contributed by atoms with Crippen LogP contribution < -0.4 is 10.0 Å². The fraction of sp³-hybridized carbons (Fsp3) is 0.667. The maximum absolute atomic E-state index is 12.8. The number of urea groups is 1. The molecule has 2 N–H and O–H groups in total. The Morgan fingerprint density at radius 2 is 1.69 bits per heavy atom. The second-order valence-electron chi connectivity index (χ2n) is 8.73. The van der Waals surface area contributed by atoms with Gasteiger partial charge in [-0.2, -0.15) is 12.7 Å². The zero-order valence-electron chi connectivity index (χ0n) is 17.9. The van der Waals surface area contributed by atoms with Crippen molar-refractivity contribution in [2.75, 3.05) is 31.5 Å². The van der Waals surface area contributed by atoms with Crippen LogP contribution in [0.3, 0.4) is 0 Å². The summed E-state index contributed by atoms with van der Waals surface area (Å²) in [6.45, 7) is 10.9. The molecule has 0 radical (unpaired) electrons. The van der Waals surface area contributed by atoms with Gasteiger partial charge in [-0.3, -0.25) is 4.90 Å². The minimum atomic E-state index is -3.87. The van der Waals surface area contributed by atoms with E-state index < -0.39 is 16.2 Å². The molecule has 0 aromatic heterocycles. The lowest BCUT2D eigenvalue weighted by molar-refractivity contribution is 0.0848. The van der Waals surface area contributed by atoms with Gasteiger partial charge in [-0.25, -0.2) is 9.52 Å². The molecule has 2 amide bonds. The highest BCUT2D eigenvalue weighted by Crippen LogP contribution is 2.32. The topological polar surface area (TPSA) is 81.8 Å². The first-order valence-electron chi connectivity index (χ1n) is 10.6. The van der Waals surface area contributed by atoms with Crippen molar-refractivity contribution in [3.8, 4) is 0 Å². The second-order valence-corrected chi connectivity index (χ2v) is 10.4. The van der Waals surface area contributed by atoms with Crippen LogP contribution >= 0.6 is 0 Å². The Labute approximate surface area is 175 Å². The van der Waals surface area contributed by atoms with Crippen LogP contribution in [-0.2, 0) is 10.2 Å². The van der Waals surface area contributed by atoms with Gasteiger partial charge in [0.05, 0.1) is 0 Å². The summed E-state index contributed by atoms with van der Waals surface area (Å²) in [4.78, 5) is 15.0. The molecule has 2 aliphatic heterocycles. The molecule has 1 unspecified atom stereocenters. The van der Waals surface area contributed by atoms with Gasteiger partial charge in [-0.05, 0) is 42.3 Å². The van der Waals surface area contributed by atoms with Crippen molar-refractivity contribution in [1.29, 1.82) is 0 Å². The van der Waals surface area contributed by atoms with Gasteiger partial charge in [0.2, 0.25) is 0 Å². The number of para-hydroxylation sites is 1. The predicted octanol–water partition coefficient (Wildman–Crippen LogP) is 3.47. The molecule has 1 aromatic rings.